The summed E-state index contributed by atoms with van der Waals surface area (Å²) in [6.07, 6.45) is 0.0553. The number of carboxylic acid groups (broad SMARTS) is 1. The molecule has 0 aromatic heterocycles. The van der Waals surface area contributed by atoms with Crippen molar-refractivity contribution < 1.29 is 24.5 Å². The summed E-state index contributed by atoms with van der Waals surface area (Å²) < 4.78 is 4.59. The third kappa shape index (κ3) is 4.42. The van der Waals surface area contributed by atoms with E-state index in [1.807, 2.05) is 0 Å². The maximum Gasteiger partial charge on any atom is 0.335 e. The molecule has 0 aliphatic heterocycles. The highest BCUT2D eigenvalue weighted by Crippen LogP contribution is 2.00. The van der Waals surface area contributed by atoms with Gasteiger partial charge in [0, 0.05) is 12.0 Å². The maximum absolute atomic E-state index is 10.9. The highest BCUT2D eigenvalue weighted by Gasteiger charge is 2.08. The SMILES string of the molecule is C=C(CCOC(=O)C(=C)CO)C(=O)O. The summed E-state index contributed by atoms with van der Waals surface area (Å²) in [5.74, 6) is -1.85. The molecule has 0 saturated carbocycles. The topological polar surface area (TPSA) is 83.8 Å². The van der Waals surface area contributed by atoms with Gasteiger partial charge in [-0.3, -0.25) is 0 Å². The number of ether oxygens (including phenoxy) is 1. The Morgan fingerprint density at radius 1 is 1.21 bits per heavy atom. The van der Waals surface area contributed by atoms with Crippen molar-refractivity contribution >= 4 is 11.9 Å². The lowest BCUT2D eigenvalue weighted by Crippen LogP contribution is -2.12. The zero-order valence-electron chi connectivity index (χ0n) is 7.65. The summed E-state index contributed by atoms with van der Waals surface area (Å²) in [7, 11) is 0. The van der Waals surface area contributed by atoms with Gasteiger partial charge in [-0.25, -0.2) is 9.59 Å². The van der Waals surface area contributed by atoms with Gasteiger partial charge >= 0.3 is 11.9 Å². The summed E-state index contributed by atoms with van der Waals surface area (Å²) in [5.41, 5.74) is -0.0988. The molecule has 0 saturated heterocycles. The molecule has 5 nitrogen and oxygen atoms in total. The van der Waals surface area contributed by atoms with E-state index in [2.05, 4.69) is 17.9 Å². The third-order valence-corrected chi connectivity index (χ3v) is 1.42. The second-order valence-electron chi connectivity index (χ2n) is 2.56. The van der Waals surface area contributed by atoms with Crippen LogP contribution in [0.4, 0.5) is 0 Å². The molecule has 0 aliphatic rings. The second-order valence-corrected chi connectivity index (χ2v) is 2.56. The highest BCUT2D eigenvalue weighted by atomic mass is 16.5. The Labute approximate surface area is 81.3 Å². The molecule has 0 rings (SSSR count). The van der Waals surface area contributed by atoms with E-state index in [0.717, 1.165) is 0 Å². The lowest BCUT2D eigenvalue weighted by molar-refractivity contribution is -0.140. The smallest absolute Gasteiger partial charge is 0.335 e. The molecule has 0 unspecified atom stereocenters. The fourth-order valence-corrected chi connectivity index (χ4v) is 0.540. The van der Waals surface area contributed by atoms with Gasteiger partial charge in [-0.05, 0) is 0 Å². The van der Waals surface area contributed by atoms with Gasteiger partial charge < -0.3 is 14.9 Å². The molecular weight excluding hydrogens is 188 g/mol. The number of aliphatic carboxylic acids is 1. The minimum atomic E-state index is -1.12. The van der Waals surface area contributed by atoms with Crippen molar-refractivity contribution in [1.82, 2.24) is 0 Å². The van der Waals surface area contributed by atoms with Crippen LogP contribution in [-0.2, 0) is 14.3 Å². The number of aliphatic hydroxyl groups excluding tert-OH is 1. The largest absolute Gasteiger partial charge is 0.478 e. The van der Waals surface area contributed by atoms with Gasteiger partial charge in [-0.2, -0.15) is 0 Å². The van der Waals surface area contributed by atoms with Gasteiger partial charge in [0.1, 0.15) is 0 Å². The summed E-state index contributed by atoms with van der Waals surface area (Å²) in [6, 6.07) is 0. The van der Waals surface area contributed by atoms with Crippen LogP contribution in [0.2, 0.25) is 0 Å². The van der Waals surface area contributed by atoms with Crippen molar-refractivity contribution in [3.63, 3.8) is 0 Å². The van der Waals surface area contributed by atoms with E-state index in [1.165, 1.54) is 0 Å². The van der Waals surface area contributed by atoms with Crippen LogP contribution in [0.3, 0.4) is 0 Å². The fraction of sp³-hybridized carbons (Fsp3) is 0.333. The molecule has 0 heterocycles. The molecule has 2 N–H and O–H groups in total. The molecule has 78 valence electrons. The van der Waals surface area contributed by atoms with E-state index in [4.69, 9.17) is 10.2 Å². The number of esters is 1. The summed E-state index contributed by atoms with van der Waals surface area (Å²) in [5, 5.41) is 16.9. The van der Waals surface area contributed by atoms with Crippen molar-refractivity contribution in [1.29, 1.82) is 0 Å². The molecule has 0 bridgehead atoms. The zero-order chi connectivity index (χ0) is 11.1. The van der Waals surface area contributed by atoms with Crippen LogP contribution in [0.25, 0.3) is 0 Å². The Hall–Kier alpha value is -1.62. The first kappa shape index (κ1) is 12.4. The molecule has 0 amide bonds. The molecule has 0 aromatic carbocycles. The van der Waals surface area contributed by atoms with Crippen LogP contribution in [0.15, 0.2) is 24.3 Å². The molecule has 0 atom stereocenters. The number of carbonyl (C=O) groups excluding carboxylic acids is 1. The Morgan fingerprint density at radius 2 is 1.79 bits per heavy atom. The van der Waals surface area contributed by atoms with Crippen LogP contribution in [0.5, 0.6) is 0 Å². The van der Waals surface area contributed by atoms with Gasteiger partial charge in [0.15, 0.2) is 0 Å². The number of carboxylic acids is 1. The zero-order valence-corrected chi connectivity index (χ0v) is 7.65. The number of rotatable bonds is 6. The number of hydrogen-bond donors (Lipinski definition) is 2. The fourth-order valence-electron chi connectivity index (χ4n) is 0.540. The number of carbonyl (C=O) groups is 2. The van der Waals surface area contributed by atoms with E-state index >= 15 is 0 Å². The van der Waals surface area contributed by atoms with Gasteiger partial charge in [0.05, 0.1) is 18.8 Å². The molecule has 0 spiro atoms. The quantitative estimate of drug-likeness (QED) is 0.469. The van der Waals surface area contributed by atoms with Crippen LogP contribution in [-0.4, -0.2) is 35.4 Å². The molecule has 14 heavy (non-hydrogen) atoms. The molecule has 5 heteroatoms. The molecular formula is C9H12O5. The van der Waals surface area contributed by atoms with Crippen molar-refractivity contribution in [2.24, 2.45) is 0 Å². The van der Waals surface area contributed by atoms with Crippen LogP contribution < -0.4 is 0 Å². The first-order valence-electron chi connectivity index (χ1n) is 3.86. The predicted octanol–water partition coefficient (Wildman–Crippen LogP) is 0.109. The Bertz CT molecular complexity index is 266. The average Bonchev–Trinajstić information content (AvgIpc) is 2.15. The highest BCUT2D eigenvalue weighted by molar-refractivity contribution is 5.88. The van der Waals surface area contributed by atoms with Crippen molar-refractivity contribution in [3.05, 3.63) is 24.3 Å². The standard InChI is InChI=1S/C9H12O5/c1-6(8(11)12)3-4-14-9(13)7(2)5-10/h10H,1-5H2,(H,11,12). The van der Waals surface area contributed by atoms with Crippen LogP contribution in [0, 0.1) is 0 Å². The van der Waals surface area contributed by atoms with Gasteiger partial charge in [-0.1, -0.05) is 13.2 Å². The van der Waals surface area contributed by atoms with Crippen molar-refractivity contribution in [3.8, 4) is 0 Å². The monoisotopic (exact) mass is 200 g/mol. The predicted molar refractivity (Wildman–Crippen MR) is 48.6 cm³/mol. The summed E-state index contributed by atoms with van der Waals surface area (Å²) >= 11 is 0. The number of aliphatic hydroxyl groups is 1. The Morgan fingerprint density at radius 3 is 2.21 bits per heavy atom. The van der Waals surface area contributed by atoms with Crippen LogP contribution in [0.1, 0.15) is 6.42 Å². The third-order valence-electron chi connectivity index (χ3n) is 1.42. The lowest BCUT2D eigenvalue weighted by atomic mass is 10.2. The number of hydrogen-bond acceptors (Lipinski definition) is 4. The van der Waals surface area contributed by atoms with Gasteiger partial charge in [0.2, 0.25) is 0 Å². The maximum atomic E-state index is 10.9. The second kappa shape index (κ2) is 5.93. The van der Waals surface area contributed by atoms with E-state index in [0.29, 0.717) is 0 Å². The van der Waals surface area contributed by atoms with E-state index in [1.54, 1.807) is 0 Å². The minimum absolute atomic E-state index is 0.0348. The summed E-state index contributed by atoms with van der Waals surface area (Å²) in [6.45, 7) is 5.94. The molecule has 0 aliphatic carbocycles. The van der Waals surface area contributed by atoms with Gasteiger partial charge in [0.25, 0.3) is 0 Å². The first-order chi connectivity index (χ1) is 6.49. The molecule has 0 aromatic rings. The Balaban J connectivity index is 3.75. The van der Waals surface area contributed by atoms with Gasteiger partial charge in [-0.15, -0.1) is 0 Å². The Kier molecular flexibility index (Phi) is 5.24. The van der Waals surface area contributed by atoms with Crippen molar-refractivity contribution in [2.75, 3.05) is 13.2 Å². The summed E-state index contributed by atoms with van der Waals surface area (Å²) in [4.78, 5) is 21.1. The van der Waals surface area contributed by atoms with E-state index in [-0.39, 0.29) is 24.2 Å². The minimum Gasteiger partial charge on any atom is -0.478 e. The lowest BCUT2D eigenvalue weighted by Gasteiger charge is -2.04. The van der Waals surface area contributed by atoms with E-state index in [9.17, 15) is 9.59 Å². The average molecular weight is 200 g/mol. The molecule has 0 radical (unpaired) electrons. The van der Waals surface area contributed by atoms with Crippen LogP contribution >= 0.6 is 0 Å². The normalized spacial score (nSPS) is 9.21. The first-order valence-corrected chi connectivity index (χ1v) is 3.86. The molecule has 0 fully saturated rings. The van der Waals surface area contributed by atoms with E-state index < -0.39 is 18.5 Å². The van der Waals surface area contributed by atoms with Crippen molar-refractivity contribution in [2.45, 2.75) is 6.42 Å².